The fourth-order valence-electron chi connectivity index (χ4n) is 2.19. The smallest absolute Gasteiger partial charge is 0.304 e. The Morgan fingerprint density at radius 2 is 1.45 bits per heavy atom. The molecule has 0 spiro atoms. The van der Waals surface area contributed by atoms with Crippen molar-refractivity contribution in [1.82, 2.24) is 0 Å². The van der Waals surface area contributed by atoms with Gasteiger partial charge in [-0.1, -0.05) is 72.4 Å². The van der Waals surface area contributed by atoms with Gasteiger partial charge in [-0.2, -0.15) is 0 Å². The summed E-state index contributed by atoms with van der Waals surface area (Å²) in [5.41, 5.74) is 2.05. The van der Waals surface area contributed by atoms with Crippen molar-refractivity contribution in [2.45, 2.75) is 18.6 Å². The van der Waals surface area contributed by atoms with Crippen LogP contribution in [-0.2, 0) is 21.8 Å². The van der Waals surface area contributed by atoms with Crippen molar-refractivity contribution in [2.75, 3.05) is 0 Å². The van der Waals surface area contributed by atoms with E-state index in [0.29, 0.717) is 12.2 Å². The Bertz CT molecular complexity index is 611. The molecule has 4 heteroatoms. The zero-order chi connectivity index (χ0) is 15.8. The number of thioether (sulfide) groups is 1. The molecule has 0 heterocycles. The van der Waals surface area contributed by atoms with E-state index in [2.05, 4.69) is 0 Å². The predicted octanol–water partition coefficient (Wildman–Crippen LogP) is 3.78. The molecule has 1 atom stereocenters. The molecule has 3 nitrogen and oxygen atoms in total. The van der Waals surface area contributed by atoms with Gasteiger partial charge in [0, 0.05) is 11.7 Å². The van der Waals surface area contributed by atoms with Crippen LogP contribution in [0.25, 0.3) is 0 Å². The molecule has 22 heavy (non-hydrogen) atoms. The molecule has 2 aromatic rings. The van der Waals surface area contributed by atoms with Crippen molar-refractivity contribution < 1.29 is 14.7 Å². The van der Waals surface area contributed by atoms with Crippen LogP contribution in [0.3, 0.4) is 0 Å². The van der Waals surface area contributed by atoms with E-state index in [0.717, 1.165) is 11.1 Å². The standard InChI is InChI=1S/C18H18O3S/c19-17(20)12-16(11-14-7-3-1-4-8-14)18(21)22-13-15-9-5-2-6-10-15/h1-10,16H,11-13H2,(H,19,20)/t16-/m1/s1. The molecule has 0 fully saturated rings. The topological polar surface area (TPSA) is 54.4 Å². The maximum Gasteiger partial charge on any atom is 0.304 e. The first-order valence-corrected chi connectivity index (χ1v) is 8.10. The fraction of sp³-hybridized carbons (Fsp3) is 0.222. The number of carbonyl (C=O) groups excluding carboxylic acids is 1. The second kappa shape index (κ2) is 8.39. The monoisotopic (exact) mass is 314 g/mol. The summed E-state index contributed by atoms with van der Waals surface area (Å²) in [4.78, 5) is 23.4. The van der Waals surface area contributed by atoms with Crippen LogP contribution < -0.4 is 0 Å². The van der Waals surface area contributed by atoms with E-state index in [1.54, 1.807) is 0 Å². The maximum atomic E-state index is 12.4. The zero-order valence-corrected chi connectivity index (χ0v) is 13.0. The normalized spacial score (nSPS) is 11.8. The molecule has 0 aliphatic heterocycles. The molecule has 2 rings (SSSR count). The number of carboxylic acids is 1. The summed E-state index contributed by atoms with van der Waals surface area (Å²) in [7, 11) is 0. The summed E-state index contributed by atoms with van der Waals surface area (Å²) in [6.07, 6.45) is 0.337. The summed E-state index contributed by atoms with van der Waals surface area (Å²) in [5.74, 6) is -0.854. The molecule has 1 N–H and O–H groups in total. The van der Waals surface area contributed by atoms with E-state index in [9.17, 15) is 9.59 Å². The first-order valence-electron chi connectivity index (χ1n) is 7.11. The van der Waals surface area contributed by atoms with Gasteiger partial charge in [0.1, 0.15) is 0 Å². The molecule has 0 aliphatic carbocycles. The third-order valence-corrected chi connectivity index (χ3v) is 4.40. The minimum absolute atomic E-state index is 0.0601. The minimum atomic E-state index is -0.936. The molecule has 0 saturated carbocycles. The van der Waals surface area contributed by atoms with Crippen LogP contribution in [0.2, 0.25) is 0 Å². The van der Waals surface area contributed by atoms with Gasteiger partial charge < -0.3 is 5.11 Å². The lowest BCUT2D eigenvalue weighted by molar-refractivity contribution is -0.139. The predicted molar refractivity (Wildman–Crippen MR) is 88.6 cm³/mol. The van der Waals surface area contributed by atoms with Crippen LogP contribution >= 0.6 is 11.8 Å². The molecule has 0 aliphatic rings. The number of hydrogen-bond acceptors (Lipinski definition) is 3. The molecular formula is C18H18O3S. The van der Waals surface area contributed by atoms with Crippen LogP contribution in [-0.4, -0.2) is 16.2 Å². The van der Waals surface area contributed by atoms with E-state index >= 15 is 0 Å². The molecule has 114 valence electrons. The largest absolute Gasteiger partial charge is 0.481 e. The Kier molecular flexibility index (Phi) is 6.22. The first kappa shape index (κ1) is 16.3. The van der Waals surface area contributed by atoms with Gasteiger partial charge >= 0.3 is 5.97 Å². The molecule has 0 aromatic heterocycles. The van der Waals surface area contributed by atoms with Crippen molar-refractivity contribution >= 4 is 22.8 Å². The number of hydrogen-bond donors (Lipinski definition) is 1. The highest BCUT2D eigenvalue weighted by Crippen LogP contribution is 2.23. The summed E-state index contributed by atoms with van der Waals surface area (Å²) in [6, 6.07) is 19.3. The molecular weight excluding hydrogens is 296 g/mol. The van der Waals surface area contributed by atoms with Gasteiger partial charge in [-0.3, -0.25) is 9.59 Å². The highest BCUT2D eigenvalue weighted by atomic mass is 32.2. The first-order chi connectivity index (χ1) is 10.6. The Hall–Kier alpha value is -2.07. The van der Waals surface area contributed by atoms with Crippen LogP contribution in [0.5, 0.6) is 0 Å². The van der Waals surface area contributed by atoms with Crippen LogP contribution in [0.15, 0.2) is 60.7 Å². The quantitative estimate of drug-likeness (QED) is 0.845. The van der Waals surface area contributed by atoms with Gasteiger partial charge in [0.2, 0.25) is 0 Å². The number of carboxylic acid groups (broad SMARTS) is 1. The third-order valence-electron chi connectivity index (χ3n) is 3.30. The number of carbonyl (C=O) groups is 2. The van der Waals surface area contributed by atoms with Gasteiger partial charge in [-0.25, -0.2) is 0 Å². The second-order valence-electron chi connectivity index (χ2n) is 5.08. The molecule has 0 unspecified atom stereocenters. The lowest BCUT2D eigenvalue weighted by atomic mass is 9.97. The van der Waals surface area contributed by atoms with Gasteiger partial charge in [0.05, 0.1) is 6.42 Å². The lowest BCUT2D eigenvalue weighted by Gasteiger charge is -2.13. The molecule has 0 radical (unpaired) electrons. The van der Waals surface area contributed by atoms with Crippen LogP contribution in [0.1, 0.15) is 17.5 Å². The Labute approximate surface area is 134 Å². The van der Waals surface area contributed by atoms with E-state index in [4.69, 9.17) is 5.11 Å². The highest BCUT2D eigenvalue weighted by molar-refractivity contribution is 8.13. The summed E-state index contributed by atoms with van der Waals surface area (Å²) in [5, 5.41) is 8.97. The van der Waals surface area contributed by atoms with Crippen LogP contribution in [0, 0.1) is 5.92 Å². The van der Waals surface area contributed by atoms with Crippen molar-refractivity contribution in [1.29, 1.82) is 0 Å². The fourth-order valence-corrected chi connectivity index (χ4v) is 3.10. The lowest BCUT2D eigenvalue weighted by Crippen LogP contribution is -2.18. The molecule has 2 aromatic carbocycles. The minimum Gasteiger partial charge on any atom is -0.481 e. The Morgan fingerprint density at radius 1 is 0.909 bits per heavy atom. The van der Waals surface area contributed by atoms with E-state index in [-0.39, 0.29) is 11.5 Å². The SMILES string of the molecule is O=C(O)C[C@@H](Cc1ccccc1)C(=O)SCc1ccccc1. The average molecular weight is 314 g/mol. The van der Waals surface area contributed by atoms with Crippen molar-refractivity contribution in [3.63, 3.8) is 0 Å². The van der Waals surface area contributed by atoms with E-state index < -0.39 is 11.9 Å². The number of benzene rings is 2. The van der Waals surface area contributed by atoms with E-state index in [1.165, 1.54) is 11.8 Å². The maximum absolute atomic E-state index is 12.4. The van der Waals surface area contributed by atoms with Gasteiger partial charge in [-0.05, 0) is 17.5 Å². The number of aliphatic carboxylic acids is 1. The van der Waals surface area contributed by atoms with Gasteiger partial charge in [-0.15, -0.1) is 0 Å². The molecule has 0 amide bonds. The second-order valence-corrected chi connectivity index (χ2v) is 6.06. The summed E-state index contributed by atoms with van der Waals surface area (Å²) >= 11 is 1.20. The van der Waals surface area contributed by atoms with Crippen molar-refractivity contribution in [3.8, 4) is 0 Å². The molecule has 0 bridgehead atoms. The number of rotatable bonds is 7. The van der Waals surface area contributed by atoms with Crippen molar-refractivity contribution in [3.05, 3.63) is 71.8 Å². The highest BCUT2D eigenvalue weighted by Gasteiger charge is 2.22. The Morgan fingerprint density at radius 3 is 2.00 bits per heavy atom. The third kappa shape index (κ3) is 5.37. The Balaban J connectivity index is 1.98. The van der Waals surface area contributed by atoms with Gasteiger partial charge in [0.15, 0.2) is 5.12 Å². The summed E-state index contributed by atoms with van der Waals surface area (Å²) in [6.45, 7) is 0. The summed E-state index contributed by atoms with van der Waals surface area (Å²) < 4.78 is 0. The van der Waals surface area contributed by atoms with Crippen molar-refractivity contribution in [2.24, 2.45) is 5.92 Å². The van der Waals surface area contributed by atoms with E-state index in [1.807, 2.05) is 60.7 Å². The van der Waals surface area contributed by atoms with Gasteiger partial charge in [0.25, 0.3) is 0 Å². The zero-order valence-electron chi connectivity index (χ0n) is 12.1. The molecule has 0 saturated heterocycles. The van der Waals surface area contributed by atoms with Crippen LogP contribution in [0.4, 0.5) is 0 Å². The average Bonchev–Trinajstić information content (AvgIpc) is 2.53.